The molecule has 2 aliphatic carbocycles. The summed E-state index contributed by atoms with van der Waals surface area (Å²) in [5.41, 5.74) is 11.5. The van der Waals surface area contributed by atoms with E-state index in [1.54, 1.807) is 0 Å². The van der Waals surface area contributed by atoms with E-state index in [1.165, 1.54) is 57.3 Å². The summed E-state index contributed by atoms with van der Waals surface area (Å²) in [5.74, 6) is 2.56. The summed E-state index contributed by atoms with van der Waals surface area (Å²) < 4.78 is 18.6. The molecule has 1 saturated heterocycles. The van der Waals surface area contributed by atoms with Gasteiger partial charge in [-0.3, -0.25) is 0 Å². The van der Waals surface area contributed by atoms with Crippen LogP contribution < -0.4 is 9.47 Å². The topological polar surface area (TPSA) is 31.0 Å². The number of ether oxygens (including phenoxy) is 3. The maximum absolute atomic E-state index is 6.62. The van der Waals surface area contributed by atoms with Crippen LogP contribution in [0.3, 0.4) is 0 Å². The Hall–Kier alpha value is -4.60. The summed E-state index contributed by atoms with van der Waals surface area (Å²) in [6.45, 7) is 18.6. The van der Waals surface area contributed by atoms with Crippen LogP contribution in [0.5, 0.6) is 11.5 Å². The van der Waals surface area contributed by atoms with Gasteiger partial charge in [0.25, 0.3) is 0 Å². The zero-order valence-corrected chi connectivity index (χ0v) is 27.3. The van der Waals surface area contributed by atoms with E-state index in [4.69, 9.17) is 14.2 Å². The second-order valence-corrected chi connectivity index (χ2v) is 13.1. The lowest BCUT2D eigenvalue weighted by Crippen LogP contribution is -2.30. The molecule has 4 aromatic rings. The Morgan fingerprint density at radius 3 is 1.40 bits per heavy atom. The number of hydrogen-bond donors (Lipinski definition) is 0. The minimum absolute atomic E-state index is 0.162. The molecule has 0 amide bonds. The number of allylic oxidation sites excluding steroid dienone is 4. The predicted octanol–water partition coefficient (Wildman–Crippen LogP) is 9.53. The van der Waals surface area contributed by atoms with Gasteiger partial charge in [-0.2, -0.15) is 0 Å². The molecular formula is C44H44O3. The molecule has 3 heteroatoms. The first-order valence-corrected chi connectivity index (χ1v) is 16.9. The third kappa shape index (κ3) is 5.79. The highest BCUT2D eigenvalue weighted by atomic mass is 16.6. The first-order valence-electron chi connectivity index (χ1n) is 16.9. The molecule has 3 nitrogen and oxygen atoms in total. The van der Waals surface area contributed by atoms with Gasteiger partial charge in [0.1, 0.15) is 24.2 Å². The molecule has 0 radical (unpaired) electrons. The summed E-state index contributed by atoms with van der Waals surface area (Å²) in [4.78, 5) is 0. The highest BCUT2D eigenvalue weighted by Gasteiger charge is 2.47. The average molecular weight is 621 g/mol. The summed E-state index contributed by atoms with van der Waals surface area (Å²) in [5, 5.41) is 0. The van der Waals surface area contributed by atoms with Crippen molar-refractivity contribution in [1.29, 1.82) is 0 Å². The summed E-state index contributed by atoms with van der Waals surface area (Å²) in [6.07, 6.45) is 13.4. The van der Waals surface area contributed by atoms with Crippen molar-refractivity contribution in [2.45, 2.75) is 50.0 Å². The van der Waals surface area contributed by atoms with Crippen LogP contribution in [-0.4, -0.2) is 25.9 Å². The fourth-order valence-electron chi connectivity index (χ4n) is 7.39. The molecule has 47 heavy (non-hydrogen) atoms. The number of fused-ring (bicyclic) bond motifs is 3. The van der Waals surface area contributed by atoms with Gasteiger partial charge in [-0.25, -0.2) is 0 Å². The van der Waals surface area contributed by atoms with Crippen molar-refractivity contribution in [3.05, 3.63) is 168 Å². The van der Waals surface area contributed by atoms with E-state index in [0.29, 0.717) is 25.4 Å². The first kappa shape index (κ1) is 31.0. The smallest absolute Gasteiger partial charge is 0.126 e. The number of hydrogen-bond acceptors (Lipinski definition) is 3. The van der Waals surface area contributed by atoms with Crippen molar-refractivity contribution < 1.29 is 14.2 Å². The van der Waals surface area contributed by atoms with Crippen molar-refractivity contribution in [2.75, 3.05) is 19.8 Å². The fraction of sp³-hybridized carbons (Fsp3) is 0.273. The molecule has 2 fully saturated rings. The number of epoxide rings is 1. The predicted molar refractivity (Wildman–Crippen MR) is 193 cm³/mol. The van der Waals surface area contributed by atoms with Crippen molar-refractivity contribution in [3.8, 4) is 22.6 Å². The Balaban J connectivity index is 1.54. The molecule has 0 bridgehead atoms. The van der Waals surface area contributed by atoms with E-state index in [9.17, 15) is 0 Å². The third-order valence-electron chi connectivity index (χ3n) is 9.74. The van der Waals surface area contributed by atoms with E-state index < -0.39 is 5.41 Å². The van der Waals surface area contributed by atoms with Gasteiger partial charge in [0.05, 0.1) is 18.6 Å². The van der Waals surface area contributed by atoms with E-state index in [0.717, 1.165) is 48.7 Å². The monoisotopic (exact) mass is 620 g/mol. The van der Waals surface area contributed by atoms with E-state index in [1.807, 2.05) is 24.3 Å². The highest BCUT2D eigenvalue weighted by molar-refractivity contribution is 5.86. The molecule has 1 atom stereocenters. The lowest BCUT2D eigenvalue weighted by Gasteiger charge is -2.36. The Bertz CT molecular complexity index is 1640. The average Bonchev–Trinajstić information content (AvgIpc) is 4.03. The van der Waals surface area contributed by atoms with Gasteiger partial charge >= 0.3 is 0 Å². The van der Waals surface area contributed by atoms with Crippen LogP contribution in [0.15, 0.2) is 123 Å². The Morgan fingerprint density at radius 1 is 0.617 bits per heavy atom. The lowest BCUT2D eigenvalue weighted by atomic mass is 9.66. The standard InChI is InChI=1S/C44H44O3/c1-5-13-31-23-35(24-32(14-6-2)42(31)46-27-30-21-22-30)44(40-19-11-9-17-38(40)39-18-10-12-20-41(39)44)36-25-33(15-7-3)43(34(26-36)16-8-4)47-29-37-28-45-37/h5-12,17-20,23-26,30,37H,1-4,13-16,21-22,27-29H2. The molecule has 1 aliphatic heterocycles. The fourth-order valence-corrected chi connectivity index (χ4v) is 7.39. The van der Waals surface area contributed by atoms with Crippen LogP contribution in [0, 0.1) is 5.92 Å². The van der Waals surface area contributed by atoms with Crippen LogP contribution in [0.4, 0.5) is 0 Å². The minimum atomic E-state index is -0.585. The molecule has 1 unspecified atom stereocenters. The van der Waals surface area contributed by atoms with Gasteiger partial charge < -0.3 is 14.2 Å². The maximum atomic E-state index is 6.62. The highest BCUT2D eigenvalue weighted by Crippen LogP contribution is 2.57. The second kappa shape index (κ2) is 13.3. The van der Waals surface area contributed by atoms with Crippen LogP contribution in [0.2, 0.25) is 0 Å². The minimum Gasteiger partial charge on any atom is -0.493 e. The van der Waals surface area contributed by atoms with Crippen LogP contribution in [0.1, 0.15) is 57.3 Å². The van der Waals surface area contributed by atoms with E-state index >= 15 is 0 Å². The summed E-state index contributed by atoms with van der Waals surface area (Å²) >= 11 is 0. The molecule has 7 rings (SSSR count). The Kier molecular flexibility index (Phi) is 8.75. The lowest BCUT2D eigenvalue weighted by molar-refractivity contribution is 0.259. The van der Waals surface area contributed by atoms with Gasteiger partial charge in [-0.1, -0.05) is 97.1 Å². The molecule has 4 aromatic carbocycles. The molecule has 0 aromatic heterocycles. The van der Waals surface area contributed by atoms with Gasteiger partial charge in [0.15, 0.2) is 0 Å². The summed E-state index contributed by atoms with van der Waals surface area (Å²) in [6, 6.07) is 27.3. The number of rotatable bonds is 16. The van der Waals surface area contributed by atoms with Crippen LogP contribution >= 0.6 is 0 Å². The van der Waals surface area contributed by atoms with Gasteiger partial charge in [-0.05, 0) is 100 Å². The van der Waals surface area contributed by atoms with Crippen molar-refractivity contribution >= 4 is 0 Å². The Labute approximate surface area is 279 Å². The van der Waals surface area contributed by atoms with Gasteiger partial charge in [-0.15, -0.1) is 26.3 Å². The summed E-state index contributed by atoms with van der Waals surface area (Å²) in [7, 11) is 0. The van der Waals surface area contributed by atoms with Crippen molar-refractivity contribution in [3.63, 3.8) is 0 Å². The molecule has 0 N–H and O–H groups in total. The molecule has 3 aliphatic rings. The second-order valence-electron chi connectivity index (χ2n) is 13.1. The van der Waals surface area contributed by atoms with E-state index in [-0.39, 0.29) is 6.10 Å². The first-order chi connectivity index (χ1) is 23.1. The molecule has 0 spiro atoms. The van der Waals surface area contributed by atoms with Crippen molar-refractivity contribution in [1.82, 2.24) is 0 Å². The largest absolute Gasteiger partial charge is 0.493 e. The zero-order valence-electron chi connectivity index (χ0n) is 27.3. The third-order valence-corrected chi connectivity index (χ3v) is 9.74. The van der Waals surface area contributed by atoms with Crippen LogP contribution in [0.25, 0.3) is 11.1 Å². The molecule has 238 valence electrons. The SMILES string of the molecule is C=CCc1cc(C2(c3cc(CC=C)c(OCC4CO4)c(CC=C)c3)c3ccccc3-c3ccccc32)cc(CC=C)c1OCC1CC1. The number of benzene rings is 4. The molecular weight excluding hydrogens is 576 g/mol. The van der Waals surface area contributed by atoms with Crippen LogP contribution in [-0.2, 0) is 35.8 Å². The van der Waals surface area contributed by atoms with Crippen molar-refractivity contribution in [2.24, 2.45) is 5.92 Å². The molecule has 1 heterocycles. The Morgan fingerprint density at radius 2 is 1.02 bits per heavy atom. The zero-order chi connectivity index (χ0) is 32.4. The normalized spacial score (nSPS) is 16.9. The maximum Gasteiger partial charge on any atom is 0.126 e. The molecule has 1 saturated carbocycles. The van der Waals surface area contributed by atoms with Gasteiger partial charge in [0.2, 0.25) is 0 Å². The van der Waals surface area contributed by atoms with Gasteiger partial charge in [0, 0.05) is 0 Å². The quantitative estimate of drug-likeness (QED) is 0.0813. The van der Waals surface area contributed by atoms with E-state index in [2.05, 4.69) is 99.1 Å².